The second-order valence-electron chi connectivity index (χ2n) is 1.06. The first-order valence-electron chi connectivity index (χ1n) is 2.06. The number of rotatable bonds is 0. The first-order valence-corrected chi connectivity index (χ1v) is 2.06. The third-order valence-electron chi connectivity index (χ3n) is 0.605. The van der Waals surface area contributed by atoms with Gasteiger partial charge in [0.05, 0.1) is 6.54 Å². The van der Waals surface area contributed by atoms with Crippen molar-refractivity contribution in [2.45, 2.75) is 0 Å². The lowest BCUT2D eigenvalue weighted by Crippen LogP contribution is -2.11. The van der Waals surface area contributed by atoms with Gasteiger partial charge in [-0.1, -0.05) is 0 Å². The van der Waals surface area contributed by atoms with E-state index in [1.807, 2.05) is 0 Å². The number of carbonyl (C=O) groups excluding carboxylic acids is 1. The van der Waals surface area contributed by atoms with Gasteiger partial charge in [0.1, 0.15) is 6.61 Å². The van der Waals surface area contributed by atoms with E-state index in [0.29, 0.717) is 13.2 Å². The van der Waals surface area contributed by atoms with Crippen LogP contribution in [0.25, 0.3) is 0 Å². The summed E-state index contributed by atoms with van der Waals surface area (Å²) in [4.78, 5) is 9.91. The van der Waals surface area contributed by atoms with Gasteiger partial charge in [-0.3, -0.25) is 0 Å². The minimum Gasteiger partial charge on any atom is -0.448 e. The van der Waals surface area contributed by atoms with E-state index in [-0.39, 0.29) is 6.09 Å². The number of cyclic esters (lactones) is 1. The summed E-state index contributed by atoms with van der Waals surface area (Å²) >= 11 is 0. The number of hydrogen-bond acceptors (Lipinski definition) is 4. The van der Waals surface area contributed by atoms with E-state index in [9.17, 15) is 4.79 Å². The normalized spacial score (nSPS) is 15.5. The summed E-state index contributed by atoms with van der Waals surface area (Å²) in [6.45, 7) is 1.19. The average molecular weight is 120 g/mol. The predicted molar refractivity (Wildman–Crippen MR) is 25.3 cm³/mol. The Labute approximate surface area is 46.4 Å². The van der Waals surface area contributed by atoms with Crippen molar-refractivity contribution in [2.24, 2.45) is 5.90 Å². The molecule has 1 fully saturated rings. The van der Waals surface area contributed by atoms with E-state index in [1.54, 1.807) is 0 Å². The number of nitrogens with two attached hydrogens (primary N) is 1. The van der Waals surface area contributed by atoms with E-state index < -0.39 is 0 Å². The Morgan fingerprint density at radius 2 is 2.38 bits per heavy atom. The highest BCUT2D eigenvalue weighted by Gasteiger charge is 2.06. The van der Waals surface area contributed by atoms with Gasteiger partial charge in [0.15, 0.2) is 0 Å². The Hall–Kier alpha value is -0.810. The number of amides is 1. The summed E-state index contributed by atoms with van der Waals surface area (Å²) in [5.41, 5.74) is 0. The first-order chi connectivity index (χ1) is 3.89. The largest absolute Gasteiger partial charge is 0.448 e. The number of hydrogen-bond donors (Lipinski definition) is 3. The number of ether oxygens (including phenoxy) is 1. The van der Waals surface area contributed by atoms with Gasteiger partial charge < -0.3 is 15.3 Å². The molecule has 48 valence electrons. The van der Waals surface area contributed by atoms with Gasteiger partial charge in [-0.05, 0) is 0 Å². The van der Waals surface area contributed by atoms with Crippen LogP contribution in [-0.2, 0) is 4.74 Å². The molecule has 0 spiro atoms. The molecule has 8 heavy (non-hydrogen) atoms. The van der Waals surface area contributed by atoms with E-state index in [1.165, 1.54) is 0 Å². The van der Waals surface area contributed by atoms with Crippen molar-refractivity contribution < 1.29 is 14.7 Å². The maximum absolute atomic E-state index is 9.91. The van der Waals surface area contributed by atoms with Gasteiger partial charge in [-0.2, -0.15) is 0 Å². The van der Waals surface area contributed by atoms with Crippen LogP contribution in [0.2, 0.25) is 0 Å². The molecule has 0 aromatic heterocycles. The van der Waals surface area contributed by atoms with Crippen LogP contribution in [0.3, 0.4) is 0 Å². The Bertz CT molecular complexity index is 66.9. The zero-order chi connectivity index (χ0) is 6.41. The Balaban J connectivity index is 0.000000222. The van der Waals surface area contributed by atoms with Crippen LogP contribution in [0.15, 0.2) is 0 Å². The monoisotopic (exact) mass is 120 g/mol. The number of alkyl carbamates (subject to hydrolysis) is 1. The summed E-state index contributed by atoms with van der Waals surface area (Å²) in [6.07, 6.45) is -0.296. The zero-order valence-corrected chi connectivity index (χ0v) is 4.26. The fourth-order valence-corrected chi connectivity index (χ4v) is 0.348. The highest BCUT2D eigenvalue weighted by molar-refractivity contribution is 5.68. The van der Waals surface area contributed by atoms with Crippen LogP contribution in [0.1, 0.15) is 0 Å². The highest BCUT2D eigenvalue weighted by Crippen LogP contribution is 1.82. The molecule has 1 aliphatic rings. The first kappa shape index (κ1) is 7.19. The molecular formula is C3H8N2O3. The molecule has 0 aliphatic carbocycles. The van der Waals surface area contributed by atoms with Gasteiger partial charge >= 0.3 is 6.09 Å². The van der Waals surface area contributed by atoms with Gasteiger partial charge in [0, 0.05) is 0 Å². The molecule has 1 heterocycles. The van der Waals surface area contributed by atoms with Crippen molar-refractivity contribution in [1.29, 1.82) is 0 Å². The fraction of sp³-hybridized carbons (Fsp3) is 0.667. The van der Waals surface area contributed by atoms with E-state index >= 15 is 0 Å². The van der Waals surface area contributed by atoms with Gasteiger partial charge in [-0.25, -0.2) is 10.7 Å². The van der Waals surface area contributed by atoms with Crippen LogP contribution in [0.5, 0.6) is 0 Å². The Kier molecular flexibility index (Phi) is 3.91. The maximum atomic E-state index is 9.91. The summed E-state index contributed by atoms with van der Waals surface area (Å²) < 4.78 is 4.40. The maximum Gasteiger partial charge on any atom is 0.407 e. The van der Waals surface area contributed by atoms with Gasteiger partial charge in [0.2, 0.25) is 0 Å². The van der Waals surface area contributed by atoms with Crippen LogP contribution in [0.4, 0.5) is 4.79 Å². The minimum absolute atomic E-state index is 0.296. The zero-order valence-electron chi connectivity index (χ0n) is 4.26. The second kappa shape index (κ2) is 4.35. The molecule has 1 amide bonds. The molecule has 1 rings (SSSR count). The Morgan fingerprint density at radius 1 is 1.75 bits per heavy atom. The molecule has 1 aliphatic heterocycles. The predicted octanol–water partition coefficient (Wildman–Crippen LogP) is -0.940. The lowest BCUT2D eigenvalue weighted by atomic mass is 10.7. The number of carbonyl (C=O) groups is 1. The van der Waals surface area contributed by atoms with Gasteiger partial charge in [-0.15, -0.1) is 0 Å². The standard InChI is InChI=1S/C3H5NO2.H3NO/c5-3-4-1-2-6-3;1-2/h1-2H2,(H,4,5);2H,1H2. The van der Waals surface area contributed by atoms with Crippen molar-refractivity contribution in [1.82, 2.24) is 5.32 Å². The van der Waals surface area contributed by atoms with Crippen LogP contribution >= 0.6 is 0 Å². The van der Waals surface area contributed by atoms with Crippen molar-refractivity contribution >= 4 is 6.09 Å². The Morgan fingerprint density at radius 3 is 2.50 bits per heavy atom. The van der Waals surface area contributed by atoms with E-state index in [0.717, 1.165) is 0 Å². The molecule has 5 heteroatoms. The topological polar surface area (TPSA) is 84.6 Å². The molecular weight excluding hydrogens is 112 g/mol. The molecule has 0 unspecified atom stereocenters. The minimum atomic E-state index is -0.296. The summed E-state index contributed by atoms with van der Waals surface area (Å²) in [7, 11) is 0. The molecule has 0 saturated carbocycles. The molecule has 4 N–H and O–H groups in total. The van der Waals surface area contributed by atoms with Crippen LogP contribution < -0.4 is 11.2 Å². The summed E-state index contributed by atoms with van der Waals surface area (Å²) in [5.74, 6) is 3.50. The second-order valence-corrected chi connectivity index (χ2v) is 1.06. The molecule has 0 atom stereocenters. The smallest absolute Gasteiger partial charge is 0.407 e. The molecule has 0 aromatic carbocycles. The molecule has 0 bridgehead atoms. The van der Waals surface area contributed by atoms with E-state index in [4.69, 9.17) is 5.21 Å². The fourth-order valence-electron chi connectivity index (χ4n) is 0.348. The van der Waals surface area contributed by atoms with Gasteiger partial charge in [0.25, 0.3) is 0 Å². The highest BCUT2D eigenvalue weighted by atomic mass is 16.6. The molecule has 0 radical (unpaired) electrons. The lowest BCUT2D eigenvalue weighted by Gasteiger charge is -1.80. The quantitative estimate of drug-likeness (QED) is 0.360. The van der Waals surface area contributed by atoms with Crippen molar-refractivity contribution in [2.75, 3.05) is 13.2 Å². The van der Waals surface area contributed by atoms with Crippen molar-refractivity contribution in [3.8, 4) is 0 Å². The lowest BCUT2D eigenvalue weighted by molar-refractivity contribution is 0.178. The van der Waals surface area contributed by atoms with E-state index in [2.05, 4.69) is 16.0 Å². The molecule has 0 aromatic rings. The van der Waals surface area contributed by atoms with Crippen LogP contribution in [0, 0.1) is 0 Å². The third kappa shape index (κ3) is 2.38. The van der Waals surface area contributed by atoms with Crippen molar-refractivity contribution in [3.05, 3.63) is 0 Å². The van der Waals surface area contributed by atoms with Crippen LogP contribution in [-0.4, -0.2) is 24.5 Å². The third-order valence-corrected chi connectivity index (χ3v) is 0.605. The SMILES string of the molecule is NO.O=C1NCCO1. The molecule has 5 nitrogen and oxygen atoms in total. The molecule has 1 saturated heterocycles. The average Bonchev–Trinajstić information content (AvgIpc) is 2.24. The summed E-state index contributed by atoms with van der Waals surface area (Å²) in [6, 6.07) is 0. The summed E-state index contributed by atoms with van der Waals surface area (Å²) in [5, 5.41) is 8.96. The van der Waals surface area contributed by atoms with Crippen molar-refractivity contribution in [3.63, 3.8) is 0 Å². The number of nitrogens with one attached hydrogen (secondary N) is 1.